The number of hydrogen-bond acceptors (Lipinski definition) is 4. The Kier molecular flexibility index (Phi) is 4.75. The molecule has 156 valence electrons. The number of nitrogens with one attached hydrogen (secondary N) is 1. The third-order valence-corrected chi connectivity index (χ3v) is 6.84. The van der Waals surface area contributed by atoms with Crippen LogP contribution in [-0.2, 0) is 16.4 Å². The van der Waals surface area contributed by atoms with Crippen molar-refractivity contribution in [3.05, 3.63) is 90.4 Å². The summed E-state index contributed by atoms with van der Waals surface area (Å²) in [5.74, 6) is 0.0236. The van der Waals surface area contributed by atoms with Gasteiger partial charge in [0.2, 0.25) is 0 Å². The molecule has 5 rings (SSSR count). The quantitative estimate of drug-likeness (QED) is 0.501. The highest BCUT2D eigenvalue weighted by Gasteiger charge is 2.26. The predicted molar refractivity (Wildman–Crippen MR) is 120 cm³/mol. The van der Waals surface area contributed by atoms with E-state index in [1.807, 2.05) is 30.3 Å². The van der Waals surface area contributed by atoms with Gasteiger partial charge < -0.3 is 9.32 Å². The molecule has 0 bridgehead atoms. The minimum atomic E-state index is -3.78. The summed E-state index contributed by atoms with van der Waals surface area (Å²) >= 11 is 0. The Morgan fingerprint density at radius 1 is 0.935 bits per heavy atom. The largest absolute Gasteiger partial charge is 0.459 e. The topological polar surface area (TPSA) is 79.6 Å². The van der Waals surface area contributed by atoms with Crippen LogP contribution in [0.2, 0.25) is 0 Å². The Morgan fingerprint density at radius 3 is 2.58 bits per heavy atom. The highest BCUT2D eigenvalue weighted by Crippen LogP contribution is 2.32. The van der Waals surface area contributed by atoms with Gasteiger partial charge in [-0.3, -0.25) is 9.52 Å². The van der Waals surface area contributed by atoms with Crippen LogP contribution in [-0.4, -0.2) is 20.9 Å². The van der Waals surface area contributed by atoms with Gasteiger partial charge in [0.25, 0.3) is 15.9 Å². The van der Waals surface area contributed by atoms with Crippen molar-refractivity contribution in [3.63, 3.8) is 0 Å². The molecule has 1 aliphatic rings. The number of sulfonamides is 1. The lowest BCUT2D eigenvalue weighted by atomic mass is 10.0. The zero-order valence-electron chi connectivity index (χ0n) is 16.6. The molecular weight excluding hydrogens is 412 g/mol. The molecule has 0 radical (unpaired) electrons. The van der Waals surface area contributed by atoms with E-state index >= 15 is 0 Å². The second kappa shape index (κ2) is 7.59. The number of aryl methyl sites for hydroxylation is 1. The third-order valence-electron chi connectivity index (χ3n) is 5.46. The number of amides is 1. The van der Waals surface area contributed by atoms with Crippen LogP contribution in [0.1, 0.15) is 22.5 Å². The Bertz CT molecular complexity index is 1380. The molecule has 31 heavy (non-hydrogen) atoms. The van der Waals surface area contributed by atoms with Crippen molar-refractivity contribution in [1.29, 1.82) is 0 Å². The summed E-state index contributed by atoms with van der Waals surface area (Å²) in [5, 5.41) is 1.83. The molecule has 1 amide bonds. The first-order valence-electron chi connectivity index (χ1n) is 10.0. The van der Waals surface area contributed by atoms with Gasteiger partial charge in [0.05, 0.1) is 16.8 Å². The maximum atomic E-state index is 13.0. The van der Waals surface area contributed by atoms with Crippen LogP contribution in [0.5, 0.6) is 0 Å². The fourth-order valence-electron chi connectivity index (χ4n) is 3.93. The van der Waals surface area contributed by atoms with E-state index in [9.17, 15) is 13.2 Å². The Labute approximate surface area is 180 Å². The fraction of sp³-hybridized carbons (Fsp3) is 0.125. The molecule has 0 aliphatic carbocycles. The molecule has 0 spiro atoms. The summed E-state index contributed by atoms with van der Waals surface area (Å²) in [6.07, 6.45) is 3.13. The number of nitrogens with zero attached hydrogens (tertiary/aromatic N) is 1. The first kappa shape index (κ1) is 19.4. The van der Waals surface area contributed by atoms with Gasteiger partial charge in [-0.25, -0.2) is 8.42 Å². The molecule has 1 aromatic heterocycles. The summed E-state index contributed by atoms with van der Waals surface area (Å²) in [5.41, 5.74) is 2.11. The van der Waals surface area contributed by atoms with Gasteiger partial charge in [-0.05, 0) is 65.6 Å². The number of carbonyl (C=O) groups excluding carboxylic acids is 1. The van der Waals surface area contributed by atoms with Crippen LogP contribution < -0.4 is 9.62 Å². The lowest BCUT2D eigenvalue weighted by molar-refractivity contribution is 0.0958. The second-order valence-electron chi connectivity index (χ2n) is 7.50. The number of furan rings is 1. The van der Waals surface area contributed by atoms with Gasteiger partial charge in [0.1, 0.15) is 0 Å². The molecule has 0 saturated heterocycles. The van der Waals surface area contributed by atoms with Crippen molar-refractivity contribution < 1.29 is 17.6 Å². The molecule has 0 saturated carbocycles. The van der Waals surface area contributed by atoms with Gasteiger partial charge >= 0.3 is 0 Å². The third kappa shape index (κ3) is 3.68. The smallest absolute Gasteiger partial charge is 0.293 e. The minimum Gasteiger partial charge on any atom is -0.459 e. The Hall–Kier alpha value is -3.58. The van der Waals surface area contributed by atoms with E-state index in [0.29, 0.717) is 17.9 Å². The zero-order valence-corrected chi connectivity index (χ0v) is 17.4. The first-order chi connectivity index (χ1) is 15.0. The van der Waals surface area contributed by atoms with E-state index in [-0.39, 0.29) is 16.6 Å². The highest BCUT2D eigenvalue weighted by atomic mass is 32.2. The van der Waals surface area contributed by atoms with Gasteiger partial charge in [-0.2, -0.15) is 0 Å². The van der Waals surface area contributed by atoms with Gasteiger partial charge in [-0.1, -0.05) is 36.4 Å². The van der Waals surface area contributed by atoms with Gasteiger partial charge in [0, 0.05) is 12.2 Å². The van der Waals surface area contributed by atoms with Gasteiger partial charge in [0.15, 0.2) is 5.76 Å². The number of fused-ring (bicyclic) bond motifs is 2. The normalized spacial score (nSPS) is 13.7. The number of benzene rings is 3. The van der Waals surface area contributed by atoms with Crippen LogP contribution in [0.25, 0.3) is 10.8 Å². The van der Waals surface area contributed by atoms with Crippen LogP contribution in [0, 0.1) is 0 Å². The van der Waals surface area contributed by atoms with Crippen molar-refractivity contribution >= 4 is 38.1 Å². The average Bonchev–Trinajstić information content (AvgIpc) is 3.32. The van der Waals surface area contributed by atoms with Gasteiger partial charge in [-0.15, -0.1) is 0 Å². The number of rotatable bonds is 4. The SMILES string of the molecule is O=C(c1ccco1)N1CCCc2ccc(NS(=O)(=O)c3ccc4ccccc4c3)cc21. The Balaban J connectivity index is 1.47. The number of hydrogen-bond donors (Lipinski definition) is 1. The summed E-state index contributed by atoms with van der Waals surface area (Å²) in [6, 6.07) is 21.3. The van der Waals surface area contributed by atoms with E-state index in [1.165, 1.54) is 6.26 Å². The van der Waals surface area contributed by atoms with Crippen LogP contribution in [0.15, 0.2) is 88.4 Å². The lowest BCUT2D eigenvalue weighted by Crippen LogP contribution is -2.35. The standard InChI is InChI=1S/C24H20N2O4S/c27-24(23-8-4-14-30-23)26-13-3-7-18-9-11-20(16-22(18)26)25-31(28,29)21-12-10-17-5-1-2-6-19(17)15-21/h1-2,4-6,8-12,14-16,25H,3,7,13H2. The van der Waals surface area contributed by atoms with E-state index in [1.54, 1.807) is 47.4 Å². The molecule has 0 atom stereocenters. The molecule has 7 heteroatoms. The summed E-state index contributed by atoms with van der Waals surface area (Å²) in [7, 11) is -3.78. The number of carbonyl (C=O) groups is 1. The van der Waals surface area contributed by atoms with E-state index in [2.05, 4.69) is 4.72 Å². The van der Waals surface area contributed by atoms with E-state index in [4.69, 9.17) is 4.42 Å². The van der Waals surface area contributed by atoms with Crippen LogP contribution in [0.4, 0.5) is 11.4 Å². The van der Waals surface area contributed by atoms with Crippen molar-refractivity contribution in [2.75, 3.05) is 16.2 Å². The highest BCUT2D eigenvalue weighted by molar-refractivity contribution is 7.92. The molecule has 3 aromatic carbocycles. The van der Waals surface area contributed by atoms with Crippen molar-refractivity contribution in [2.45, 2.75) is 17.7 Å². The molecule has 4 aromatic rings. The maximum absolute atomic E-state index is 13.0. The van der Waals surface area contributed by atoms with E-state index in [0.717, 1.165) is 29.2 Å². The molecule has 2 heterocycles. The van der Waals surface area contributed by atoms with Crippen LogP contribution >= 0.6 is 0 Å². The zero-order chi connectivity index (χ0) is 21.4. The second-order valence-corrected chi connectivity index (χ2v) is 9.18. The number of anilines is 2. The van der Waals surface area contributed by atoms with Crippen molar-refractivity contribution in [1.82, 2.24) is 0 Å². The van der Waals surface area contributed by atoms with Crippen molar-refractivity contribution in [3.8, 4) is 0 Å². The summed E-state index contributed by atoms with van der Waals surface area (Å²) < 4.78 is 33.9. The Morgan fingerprint density at radius 2 is 1.77 bits per heavy atom. The average molecular weight is 433 g/mol. The van der Waals surface area contributed by atoms with Crippen molar-refractivity contribution in [2.24, 2.45) is 0 Å². The monoisotopic (exact) mass is 432 g/mol. The van der Waals surface area contributed by atoms with Crippen LogP contribution in [0.3, 0.4) is 0 Å². The predicted octanol–water partition coefficient (Wildman–Crippen LogP) is 4.83. The maximum Gasteiger partial charge on any atom is 0.293 e. The van der Waals surface area contributed by atoms with E-state index < -0.39 is 10.0 Å². The molecule has 1 N–H and O–H groups in total. The summed E-state index contributed by atoms with van der Waals surface area (Å²) in [4.78, 5) is 14.7. The molecule has 0 fully saturated rings. The lowest BCUT2D eigenvalue weighted by Gasteiger charge is -2.29. The molecule has 6 nitrogen and oxygen atoms in total. The first-order valence-corrected chi connectivity index (χ1v) is 11.5. The minimum absolute atomic E-state index is 0.187. The fourth-order valence-corrected chi connectivity index (χ4v) is 5.02. The summed E-state index contributed by atoms with van der Waals surface area (Å²) in [6.45, 7) is 0.549. The molecule has 1 aliphatic heterocycles. The molecular formula is C24H20N2O4S. The molecule has 0 unspecified atom stereocenters.